The van der Waals surface area contributed by atoms with Crippen LogP contribution in [0.25, 0.3) is 0 Å². The van der Waals surface area contributed by atoms with Gasteiger partial charge in [0.15, 0.2) is 5.82 Å². The number of anilines is 2. The normalized spacial score (nSPS) is 10.3. The number of halogens is 1. The van der Waals surface area contributed by atoms with E-state index in [-0.39, 0.29) is 5.82 Å². The minimum Gasteiger partial charge on any atom is -0.328 e. The number of aromatic nitrogens is 2. The Morgan fingerprint density at radius 1 is 1.24 bits per heavy atom. The van der Waals surface area contributed by atoms with E-state index in [1.54, 1.807) is 30.1 Å². The molecule has 0 aliphatic rings. The monoisotopic (exact) mass is 232 g/mol. The first-order valence-electron chi connectivity index (χ1n) is 5.22. The Morgan fingerprint density at radius 2 is 2.06 bits per heavy atom. The van der Waals surface area contributed by atoms with Gasteiger partial charge in [0.1, 0.15) is 5.82 Å². The van der Waals surface area contributed by atoms with E-state index in [0.29, 0.717) is 12.4 Å². The lowest BCUT2D eigenvalue weighted by Gasteiger charge is -2.17. The maximum Gasteiger partial charge on any atom is 0.155 e. The number of rotatable bonds is 3. The van der Waals surface area contributed by atoms with Gasteiger partial charge in [-0.3, -0.25) is 0 Å². The van der Waals surface area contributed by atoms with Crippen molar-refractivity contribution in [2.24, 2.45) is 5.73 Å². The molecule has 2 rings (SSSR count). The minimum atomic E-state index is -0.277. The van der Waals surface area contributed by atoms with Gasteiger partial charge in [0.25, 0.3) is 0 Å². The summed E-state index contributed by atoms with van der Waals surface area (Å²) < 4.78 is 13.1. The maximum atomic E-state index is 13.1. The van der Waals surface area contributed by atoms with Crippen molar-refractivity contribution < 1.29 is 4.39 Å². The number of nitrogens with zero attached hydrogens (tertiary/aromatic N) is 3. The van der Waals surface area contributed by atoms with Crippen molar-refractivity contribution in [2.75, 3.05) is 11.9 Å². The Labute approximate surface area is 98.9 Å². The first-order valence-corrected chi connectivity index (χ1v) is 5.22. The summed E-state index contributed by atoms with van der Waals surface area (Å²) in [7, 11) is 1.81. The van der Waals surface area contributed by atoms with Crippen LogP contribution >= 0.6 is 0 Å². The van der Waals surface area contributed by atoms with E-state index in [1.807, 2.05) is 6.07 Å². The topological polar surface area (TPSA) is 55.0 Å². The van der Waals surface area contributed by atoms with Crippen LogP contribution in [0.15, 0.2) is 36.4 Å². The van der Waals surface area contributed by atoms with Gasteiger partial charge in [0.05, 0.1) is 5.69 Å². The summed E-state index contributed by atoms with van der Waals surface area (Å²) in [6, 6.07) is 9.92. The average Bonchev–Trinajstić information content (AvgIpc) is 2.38. The first kappa shape index (κ1) is 11.5. The van der Waals surface area contributed by atoms with Crippen molar-refractivity contribution in [3.63, 3.8) is 0 Å². The lowest BCUT2D eigenvalue weighted by atomic mass is 10.3. The molecule has 88 valence electrons. The number of benzene rings is 1. The summed E-state index contributed by atoms with van der Waals surface area (Å²) in [5, 5.41) is 7.98. The number of hydrogen-bond acceptors (Lipinski definition) is 4. The Balaban J connectivity index is 2.27. The molecule has 0 spiro atoms. The van der Waals surface area contributed by atoms with E-state index in [1.165, 1.54) is 12.1 Å². The number of nitrogens with two attached hydrogens (primary N) is 1. The van der Waals surface area contributed by atoms with E-state index in [2.05, 4.69) is 10.2 Å². The molecule has 0 radical (unpaired) electrons. The summed E-state index contributed by atoms with van der Waals surface area (Å²) in [6.07, 6.45) is 0. The molecule has 0 bridgehead atoms. The standard InChI is InChI=1S/C12H13FN4/c1-17(11-4-2-3-9(13)7-11)12-6-5-10(8-14)15-16-12/h2-7H,8,14H2,1H3. The van der Waals surface area contributed by atoms with Crippen molar-refractivity contribution in [1.29, 1.82) is 0 Å². The Hall–Kier alpha value is -2.01. The quantitative estimate of drug-likeness (QED) is 0.877. The molecule has 0 unspecified atom stereocenters. The van der Waals surface area contributed by atoms with Crippen LogP contribution in [0.5, 0.6) is 0 Å². The second-order valence-corrected chi connectivity index (χ2v) is 3.63. The smallest absolute Gasteiger partial charge is 0.155 e. The molecule has 1 aromatic heterocycles. The summed E-state index contributed by atoms with van der Waals surface area (Å²) in [5.41, 5.74) is 6.89. The summed E-state index contributed by atoms with van der Waals surface area (Å²) in [6.45, 7) is 0.358. The van der Waals surface area contributed by atoms with Gasteiger partial charge >= 0.3 is 0 Å². The SMILES string of the molecule is CN(c1cccc(F)c1)c1ccc(CN)nn1. The van der Waals surface area contributed by atoms with Gasteiger partial charge in [0, 0.05) is 19.3 Å². The van der Waals surface area contributed by atoms with Crippen LogP contribution in [0, 0.1) is 5.82 Å². The first-order chi connectivity index (χ1) is 8.20. The highest BCUT2D eigenvalue weighted by Crippen LogP contribution is 2.21. The Kier molecular flexibility index (Phi) is 3.30. The lowest BCUT2D eigenvalue weighted by molar-refractivity contribution is 0.628. The van der Waals surface area contributed by atoms with E-state index in [0.717, 1.165) is 11.4 Å². The predicted molar refractivity (Wildman–Crippen MR) is 64.4 cm³/mol. The second-order valence-electron chi connectivity index (χ2n) is 3.63. The third kappa shape index (κ3) is 2.57. The van der Waals surface area contributed by atoms with Crippen molar-refractivity contribution in [3.05, 3.63) is 47.9 Å². The van der Waals surface area contributed by atoms with E-state index < -0.39 is 0 Å². The molecule has 0 atom stereocenters. The predicted octanol–water partition coefficient (Wildman–Crippen LogP) is 1.84. The largest absolute Gasteiger partial charge is 0.328 e. The van der Waals surface area contributed by atoms with Gasteiger partial charge in [-0.15, -0.1) is 5.10 Å². The third-order valence-electron chi connectivity index (χ3n) is 2.45. The molecule has 0 aliphatic carbocycles. The van der Waals surface area contributed by atoms with Crippen LogP contribution in [0.1, 0.15) is 5.69 Å². The highest BCUT2D eigenvalue weighted by Gasteiger charge is 2.06. The third-order valence-corrected chi connectivity index (χ3v) is 2.45. The van der Waals surface area contributed by atoms with Gasteiger partial charge in [0.2, 0.25) is 0 Å². The van der Waals surface area contributed by atoms with Gasteiger partial charge in [-0.25, -0.2) is 4.39 Å². The van der Waals surface area contributed by atoms with Crippen molar-refractivity contribution in [3.8, 4) is 0 Å². The van der Waals surface area contributed by atoms with Gasteiger partial charge in [-0.2, -0.15) is 5.10 Å². The maximum absolute atomic E-state index is 13.1. The van der Waals surface area contributed by atoms with Crippen LogP contribution in [-0.2, 0) is 6.54 Å². The van der Waals surface area contributed by atoms with Gasteiger partial charge in [-0.1, -0.05) is 6.07 Å². The molecule has 4 nitrogen and oxygen atoms in total. The lowest BCUT2D eigenvalue weighted by Crippen LogP contribution is -2.13. The van der Waals surface area contributed by atoms with Gasteiger partial charge in [-0.05, 0) is 30.3 Å². The molecule has 0 saturated carbocycles. The summed E-state index contributed by atoms with van der Waals surface area (Å²) in [5.74, 6) is 0.369. The highest BCUT2D eigenvalue weighted by molar-refractivity contribution is 5.58. The van der Waals surface area contributed by atoms with E-state index >= 15 is 0 Å². The van der Waals surface area contributed by atoms with Crippen LogP contribution in [0.3, 0.4) is 0 Å². The average molecular weight is 232 g/mol. The number of hydrogen-bond donors (Lipinski definition) is 1. The van der Waals surface area contributed by atoms with Crippen LogP contribution < -0.4 is 10.6 Å². The fourth-order valence-electron chi connectivity index (χ4n) is 1.46. The minimum absolute atomic E-state index is 0.277. The zero-order chi connectivity index (χ0) is 12.3. The van der Waals surface area contributed by atoms with E-state index in [9.17, 15) is 4.39 Å². The van der Waals surface area contributed by atoms with E-state index in [4.69, 9.17) is 5.73 Å². The Bertz CT molecular complexity index is 498. The van der Waals surface area contributed by atoms with Crippen LogP contribution in [0.4, 0.5) is 15.9 Å². The molecule has 2 aromatic rings. The Morgan fingerprint density at radius 3 is 2.65 bits per heavy atom. The molecule has 0 fully saturated rings. The van der Waals surface area contributed by atoms with Crippen molar-refractivity contribution >= 4 is 11.5 Å². The molecule has 5 heteroatoms. The molecule has 1 aromatic carbocycles. The molecule has 0 amide bonds. The van der Waals surface area contributed by atoms with Crippen molar-refractivity contribution in [1.82, 2.24) is 10.2 Å². The van der Waals surface area contributed by atoms with Gasteiger partial charge < -0.3 is 10.6 Å². The summed E-state index contributed by atoms with van der Waals surface area (Å²) >= 11 is 0. The zero-order valence-corrected chi connectivity index (χ0v) is 9.47. The van der Waals surface area contributed by atoms with Crippen LogP contribution in [0.2, 0.25) is 0 Å². The zero-order valence-electron chi connectivity index (χ0n) is 9.47. The van der Waals surface area contributed by atoms with Crippen LogP contribution in [-0.4, -0.2) is 17.2 Å². The highest BCUT2D eigenvalue weighted by atomic mass is 19.1. The fourth-order valence-corrected chi connectivity index (χ4v) is 1.46. The molecule has 0 saturated heterocycles. The molecule has 0 aliphatic heterocycles. The van der Waals surface area contributed by atoms with Crippen molar-refractivity contribution in [2.45, 2.75) is 6.54 Å². The summed E-state index contributed by atoms with van der Waals surface area (Å²) in [4.78, 5) is 1.76. The molecular weight excluding hydrogens is 219 g/mol. The molecule has 2 N–H and O–H groups in total. The fraction of sp³-hybridized carbons (Fsp3) is 0.167. The molecular formula is C12H13FN4. The molecule has 17 heavy (non-hydrogen) atoms. The molecule has 1 heterocycles. The second kappa shape index (κ2) is 4.88.